The van der Waals surface area contributed by atoms with Gasteiger partial charge in [0.05, 0.1) is 21.7 Å². The summed E-state index contributed by atoms with van der Waals surface area (Å²) in [6.45, 7) is 1.40. The molecule has 0 saturated carbocycles. The van der Waals surface area contributed by atoms with Crippen LogP contribution in [0.3, 0.4) is 0 Å². The van der Waals surface area contributed by atoms with Crippen LogP contribution in [0.5, 0.6) is 0 Å². The van der Waals surface area contributed by atoms with Crippen molar-refractivity contribution in [3.8, 4) is 0 Å². The third-order valence-corrected chi connectivity index (χ3v) is 4.84. The number of halogens is 3. The van der Waals surface area contributed by atoms with Gasteiger partial charge in [0.25, 0.3) is 5.91 Å². The molecule has 7 nitrogen and oxygen atoms in total. The number of nitrogens with two attached hydrogens (primary N) is 1. The second-order valence-electron chi connectivity index (χ2n) is 5.32. The minimum Gasteiger partial charge on any atom is -0.365 e. The molecule has 1 aromatic carbocycles. The minimum absolute atomic E-state index is 0.0137. The first-order valence-corrected chi connectivity index (χ1v) is 8.78. The van der Waals surface area contributed by atoms with E-state index in [9.17, 15) is 26.4 Å². The summed E-state index contributed by atoms with van der Waals surface area (Å²) in [7, 11) is -4.17. The number of aryl methyl sites for hydroxylation is 1. The van der Waals surface area contributed by atoms with Crippen LogP contribution in [0.1, 0.15) is 27.4 Å². The molecular formula is C15H15F3N4O3S. The van der Waals surface area contributed by atoms with Crippen molar-refractivity contribution in [1.82, 2.24) is 14.7 Å². The Balaban J connectivity index is 2.15. The van der Waals surface area contributed by atoms with Crippen molar-refractivity contribution in [3.63, 3.8) is 0 Å². The SMILES string of the molecule is Cc1ncc(C(N)=O)c(CCNS(=O)(=O)c2cccc(C(F)(F)F)c2)n1. The lowest BCUT2D eigenvalue weighted by Crippen LogP contribution is -2.27. The zero-order valence-electron chi connectivity index (χ0n) is 13.5. The van der Waals surface area contributed by atoms with E-state index < -0.39 is 32.6 Å². The lowest BCUT2D eigenvalue weighted by Gasteiger charge is -2.11. The van der Waals surface area contributed by atoms with Gasteiger partial charge in [-0.25, -0.2) is 23.1 Å². The summed E-state index contributed by atoms with van der Waals surface area (Å²) in [5.74, 6) is -0.397. The molecule has 0 aliphatic rings. The van der Waals surface area contributed by atoms with E-state index in [1.807, 2.05) is 0 Å². The van der Waals surface area contributed by atoms with E-state index in [2.05, 4.69) is 14.7 Å². The Hall–Kier alpha value is -2.53. The second-order valence-corrected chi connectivity index (χ2v) is 7.08. The van der Waals surface area contributed by atoms with Crippen LogP contribution in [0.2, 0.25) is 0 Å². The van der Waals surface area contributed by atoms with E-state index in [1.54, 1.807) is 6.92 Å². The van der Waals surface area contributed by atoms with Crippen molar-refractivity contribution in [2.45, 2.75) is 24.4 Å². The molecule has 26 heavy (non-hydrogen) atoms. The van der Waals surface area contributed by atoms with Crippen molar-refractivity contribution in [3.05, 3.63) is 53.1 Å². The van der Waals surface area contributed by atoms with Gasteiger partial charge in [0.2, 0.25) is 10.0 Å². The van der Waals surface area contributed by atoms with Gasteiger partial charge < -0.3 is 5.73 Å². The lowest BCUT2D eigenvalue weighted by molar-refractivity contribution is -0.137. The van der Waals surface area contributed by atoms with E-state index in [4.69, 9.17) is 5.73 Å². The summed E-state index contributed by atoms with van der Waals surface area (Å²) in [4.78, 5) is 18.7. The average Bonchev–Trinajstić information content (AvgIpc) is 2.54. The summed E-state index contributed by atoms with van der Waals surface area (Å²) in [5, 5.41) is 0. The van der Waals surface area contributed by atoms with Gasteiger partial charge >= 0.3 is 6.18 Å². The Bertz CT molecular complexity index is 930. The maximum Gasteiger partial charge on any atom is 0.416 e. The first kappa shape index (κ1) is 19.8. The monoisotopic (exact) mass is 388 g/mol. The van der Waals surface area contributed by atoms with Crippen LogP contribution in [0.4, 0.5) is 13.2 Å². The molecule has 1 aromatic heterocycles. The van der Waals surface area contributed by atoms with Gasteiger partial charge in [0.15, 0.2) is 0 Å². The van der Waals surface area contributed by atoms with Crippen molar-refractivity contribution >= 4 is 15.9 Å². The number of nitrogens with zero attached hydrogens (tertiary/aromatic N) is 2. The summed E-state index contributed by atoms with van der Waals surface area (Å²) < 4.78 is 64.7. The second kappa shape index (κ2) is 7.38. The van der Waals surface area contributed by atoms with Gasteiger partial charge in [-0.1, -0.05) is 6.07 Å². The van der Waals surface area contributed by atoms with Gasteiger partial charge in [0.1, 0.15) is 5.82 Å². The summed E-state index contributed by atoms with van der Waals surface area (Å²) >= 11 is 0. The molecule has 1 heterocycles. The van der Waals surface area contributed by atoms with Crippen LogP contribution in [0, 0.1) is 6.92 Å². The molecule has 0 fully saturated rings. The molecule has 0 unspecified atom stereocenters. The first-order valence-electron chi connectivity index (χ1n) is 7.30. The fourth-order valence-corrected chi connectivity index (χ4v) is 3.22. The number of amides is 1. The maximum absolute atomic E-state index is 12.7. The van der Waals surface area contributed by atoms with E-state index in [1.165, 1.54) is 6.20 Å². The molecule has 3 N–H and O–H groups in total. The molecule has 11 heteroatoms. The number of benzene rings is 1. The highest BCUT2D eigenvalue weighted by atomic mass is 32.2. The Labute approximate surface area is 147 Å². The topological polar surface area (TPSA) is 115 Å². The summed E-state index contributed by atoms with van der Waals surface area (Å²) in [6.07, 6.45) is -3.40. The number of hydrogen-bond donors (Lipinski definition) is 2. The van der Waals surface area contributed by atoms with Gasteiger partial charge in [-0.05, 0) is 25.1 Å². The molecule has 0 radical (unpaired) electrons. The molecule has 1 amide bonds. The normalized spacial score (nSPS) is 12.2. The van der Waals surface area contributed by atoms with Crippen LogP contribution in [0.15, 0.2) is 35.4 Å². The maximum atomic E-state index is 12.7. The number of sulfonamides is 1. The van der Waals surface area contributed by atoms with Crippen molar-refractivity contribution in [1.29, 1.82) is 0 Å². The standard InChI is InChI=1S/C15H15F3N4O3S/c1-9-20-8-12(14(19)23)13(22-9)5-6-21-26(24,25)11-4-2-3-10(7-11)15(16,17)18/h2-4,7-8,21H,5-6H2,1H3,(H2,19,23). The predicted molar refractivity (Wildman–Crippen MR) is 85.6 cm³/mol. The summed E-state index contributed by atoms with van der Waals surface area (Å²) in [5.41, 5.74) is 4.44. The molecule has 0 bridgehead atoms. The number of hydrogen-bond acceptors (Lipinski definition) is 5. The quantitative estimate of drug-likeness (QED) is 0.777. The Kier molecular flexibility index (Phi) is 5.62. The minimum atomic E-state index is -4.65. The molecular weight excluding hydrogens is 373 g/mol. The number of alkyl halides is 3. The highest BCUT2D eigenvalue weighted by Crippen LogP contribution is 2.30. The third-order valence-electron chi connectivity index (χ3n) is 3.38. The van der Waals surface area contributed by atoms with Gasteiger partial charge in [-0.15, -0.1) is 0 Å². The molecule has 0 atom stereocenters. The van der Waals surface area contributed by atoms with Crippen LogP contribution in [-0.4, -0.2) is 30.8 Å². The molecule has 0 spiro atoms. The predicted octanol–water partition coefficient (Wildman–Crippen LogP) is 1.42. The number of rotatable bonds is 6. The molecule has 0 aliphatic heterocycles. The van der Waals surface area contributed by atoms with Crippen molar-refractivity contribution in [2.24, 2.45) is 5.73 Å². The van der Waals surface area contributed by atoms with Crippen molar-refractivity contribution in [2.75, 3.05) is 6.54 Å². The lowest BCUT2D eigenvalue weighted by atomic mass is 10.1. The third kappa shape index (κ3) is 4.76. The molecule has 0 aliphatic carbocycles. The van der Waals surface area contributed by atoms with Gasteiger partial charge in [-0.3, -0.25) is 4.79 Å². The highest BCUT2D eigenvalue weighted by Gasteiger charge is 2.31. The van der Waals surface area contributed by atoms with E-state index in [0.717, 1.165) is 18.2 Å². The molecule has 2 aromatic rings. The average molecular weight is 388 g/mol. The molecule has 2 rings (SSSR count). The highest BCUT2D eigenvalue weighted by molar-refractivity contribution is 7.89. The van der Waals surface area contributed by atoms with Gasteiger partial charge in [-0.2, -0.15) is 13.2 Å². The van der Waals surface area contributed by atoms with Gasteiger partial charge in [0, 0.05) is 19.2 Å². The largest absolute Gasteiger partial charge is 0.416 e. The number of primary amides is 1. The van der Waals surface area contributed by atoms with E-state index >= 15 is 0 Å². The fourth-order valence-electron chi connectivity index (χ4n) is 2.14. The van der Waals surface area contributed by atoms with Crippen molar-refractivity contribution < 1.29 is 26.4 Å². The smallest absolute Gasteiger partial charge is 0.365 e. The number of nitrogens with one attached hydrogen (secondary N) is 1. The Morgan fingerprint density at radius 1 is 1.31 bits per heavy atom. The van der Waals surface area contributed by atoms with Crippen LogP contribution in [-0.2, 0) is 22.6 Å². The zero-order valence-corrected chi connectivity index (χ0v) is 14.4. The number of aromatic nitrogens is 2. The number of carbonyl (C=O) groups is 1. The molecule has 140 valence electrons. The van der Waals surface area contributed by atoms with E-state index in [-0.39, 0.29) is 24.2 Å². The summed E-state index contributed by atoms with van der Waals surface area (Å²) in [6, 6.07) is 3.39. The van der Waals surface area contributed by atoms with E-state index in [0.29, 0.717) is 11.9 Å². The Morgan fingerprint density at radius 2 is 2.00 bits per heavy atom. The number of carbonyl (C=O) groups excluding carboxylic acids is 1. The van der Waals surface area contributed by atoms with Crippen LogP contribution >= 0.6 is 0 Å². The Morgan fingerprint density at radius 3 is 2.62 bits per heavy atom. The fraction of sp³-hybridized carbons (Fsp3) is 0.267. The van der Waals surface area contributed by atoms with Crippen LogP contribution < -0.4 is 10.5 Å². The first-order chi connectivity index (χ1) is 12.0. The molecule has 0 saturated heterocycles. The zero-order chi connectivity index (χ0) is 19.5. The van der Waals surface area contributed by atoms with Crippen LogP contribution in [0.25, 0.3) is 0 Å².